The molecule has 2 aromatic rings. The van der Waals surface area contributed by atoms with E-state index < -0.39 is 17.5 Å². The molecule has 0 radical (unpaired) electrons. The lowest BCUT2D eigenvalue weighted by molar-refractivity contribution is -0.172. The molecule has 0 aromatic heterocycles. The topological polar surface area (TPSA) is 90.0 Å². The van der Waals surface area contributed by atoms with E-state index in [0.29, 0.717) is 12.1 Å². The Bertz CT molecular complexity index is 1170. The lowest BCUT2D eigenvalue weighted by Crippen LogP contribution is -2.76. The normalized spacial score (nSPS) is 28.2. The molecule has 8 heteroatoms. The number of benzene rings is 2. The van der Waals surface area contributed by atoms with Crippen LogP contribution in [0, 0.1) is 11.8 Å². The van der Waals surface area contributed by atoms with Crippen molar-refractivity contribution in [2.24, 2.45) is 11.8 Å². The van der Waals surface area contributed by atoms with Crippen molar-refractivity contribution in [1.82, 2.24) is 20.0 Å². The summed E-state index contributed by atoms with van der Waals surface area (Å²) in [5.41, 5.74) is 0.148. The Hall–Kier alpha value is -3.68. The van der Waals surface area contributed by atoms with Gasteiger partial charge in [-0.05, 0) is 23.5 Å². The molecule has 4 heterocycles. The van der Waals surface area contributed by atoms with Crippen LogP contribution in [0.4, 0.5) is 4.79 Å². The van der Waals surface area contributed by atoms with E-state index in [0.717, 1.165) is 5.56 Å². The maximum atomic E-state index is 14.0. The molecule has 0 spiro atoms. The van der Waals surface area contributed by atoms with Crippen molar-refractivity contribution in [3.8, 4) is 0 Å². The maximum Gasteiger partial charge on any atom is 0.326 e. The number of hydrogen-bond donors (Lipinski definition) is 1. The number of piperazine rings is 1. The van der Waals surface area contributed by atoms with Gasteiger partial charge in [-0.1, -0.05) is 74.5 Å². The van der Waals surface area contributed by atoms with Crippen LogP contribution in [0.3, 0.4) is 0 Å². The van der Waals surface area contributed by atoms with Crippen molar-refractivity contribution in [2.45, 2.75) is 44.4 Å². The van der Waals surface area contributed by atoms with Gasteiger partial charge in [-0.2, -0.15) is 0 Å². The Labute approximate surface area is 204 Å². The van der Waals surface area contributed by atoms with E-state index in [1.54, 1.807) is 24.1 Å². The molecule has 0 aliphatic carbocycles. The highest BCUT2D eigenvalue weighted by Gasteiger charge is 2.63. The van der Waals surface area contributed by atoms with Crippen LogP contribution in [0.1, 0.15) is 31.4 Å². The Kier molecular flexibility index (Phi) is 5.62. The van der Waals surface area contributed by atoms with Gasteiger partial charge in [0.15, 0.2) is 0 Å². The lowest BCUT2D eigenvalue weighted by atomic mass is 9.68. The van der Waals surface area contributed by atoms with Crippen LogP contribution in [0.25, 0.3) is 0 Å². The molecule has 0 unspecified atom stereocenters. The first-order valence-electron chi connectivity index (χ1n) is 12.1. The summed E-state index contributed by atoms with van der Waals surface area (Å²) in [4.78, 5) is 58.9. The molecule has 1 N–H and O–H groups in total. The smallest absolute Gasteiger partial charge is 0.326 e. The predicted octanol–water partition coefficient (Wildman–Crippen LogP) is 2.35. The minimum atomic E-state index is -1.36. The Balaban J connectivity index is 1.59. The van der Waals surface area contributed by atoms with E-state index in [4.69, 9.17) is 0 Å². The third-order valence-corrected chi connectivity index (χ3v) is 7.59. The average molecular weight is 475 g/mol. The third-order valence-electron chi connectivity index (χ3n) is 7.59. The minimum Gasteiger partial charge on any atom is -0.336 e. The number of amides is 5. The summed E-state index contributed by atoms with van der Waals surface area (Å²) in [6.07, 6.45) is 0.120. The summed E-state index contributed by atoms with van der Waals surface area (Å²) in [6, 6.07) is 16.9. The second kappa shape index (κ2) is 8.52. The molecule has 5 amide bonds. The van der Waals surface area contributed by atoms with Crippen molar-refractivity contribution in [3.05, 3.63) is 71.8 Å². The molecule has 4 atom stereocenters. The van der Waals surface area contributed by atoms with Crippen molar-refractivity contribution in [3.63, 3.8) is 0 Å². The van der Waals surface area contributed by atoms with Gasteiger partial charge in [0.25, 0.3) is 5.91 Å². The van der Waals surface area contributed by atoms with Crippen molar-refractivity contribution in [2.75, 3.05) is 13.6 Å². The molecule has 4 aliphatic heterocycles. The van der Waals surface area contributed by atoms with Crippen LogP contribution >= 0.6 is 0 Å². The second-order valence-electron chi connectivity index (χ2n) is 10.1. The third kappa shape index (κ3) is 3.59. The van der Waals surface area contributed by atoms with E-state index in [9.17, 15) is 19.2 Å². The van der Waals surface area contributed by atoms with E-state index in [-0.39, 0.29) is 48.7 Å². The Morgan fingerprint density at radius 1 is 1.03 bits per heavy atom. The van der Waals surface area contributed by atoms with E-state index in [1.807, 2.05) is 62.4 Å². The average Bonchev–Trinajstić information content (AvgIpc) is 3.16. The largest absolute Gasteiger partial charge is 0.336 e. The Morgan fingerprint density at radius 2 is 1.66 bits per heavy atom. The van der Waals surface area contributed by atoms with Crippen molar-refractivity contribution in [1.29, 1.82) is 0 Å². The number of imide groups is 1. The lowest BCUT2D eigenvalue weighted by Gasteiger charge is -2.54. The zero-order chi connectivity index (χ0) is 24.9. The van der Waals surface area contributed by atoms with Crippen LogP contribution in [0.15, 0.2) is 60.7 Å². The monoisotopic (exact) mass is 474 g/mol. The maximum absolute atomic E-state index is 14.0. The highest BCUT2D eigenvalue weighted by atomic mass is 16.2. The van der Waals surface area contributed by atoms with Crippen molar-refractivity contribution >= 4 is 23.8 Å². The number of fused-ring (bicyclic) bond motifs is 3. The molecular weight excluding hydrogens is 444 g/mol. The molecule has 2 bridgehead atoms. The molecule has 182 valence electrons. The number of carbonyl (C=O) groups excluding carboxylic acids is 4. The summed E-state index contributed by atoms with van der Waals surface area (Å²) < 4.78 is 0. The SMILES string of the molecule is CC(C)[C@H]1CN(C)C(=O)N1C(=O)[C@H]1C[C@@]2(c3ccccc3)NC(=O)[C@@H]1N(Cc1ccccc1)C2=O. The number of nitrogens with one attached hydrogen (secondary N) is 1. The molecular formula is C27H30N4O4. The number of carbonyl (C=O) groups is 4. The molecule has 8 nitrogen and oxygen atoms in total. The number of likely N-dealkylation sites (N-methyl/N-ethyl adjacent to an activating group) is 1. The van der Waals surface area contributed by atoms with Gasteiger partial charge in [0.1, 0.15) is 11.6 Å². The number of rotatable bonds is 5. The van der Waals surface area contributed by atoms with Gasteiger partial charge in [-0.25, -0.2) is 4.79 Å². The highest BCUT2D eigenvalue weighted by molar-refractivity contribution is 6.07. The summed E-state index contributed by atoms with van der Waals surface area (Å²) >= 11 is 0. The zero-order valence-electron chi connectivity index (χ0n) is 20.2. The van der Waals surface area contributed by atoms with Crippen LogP contribution < -0.4 is 5.32 Å². The van der Waals surface area contributed by atoms with Gasteiger partial charge in [0.05, 0.1) is 12.0 Å². The van der Waals surface area contributed by atoms with Gasteiger partial charge >= 0.3 is 6.03 Å². The second-order valence-corrected chi connectivity index (χ2v) is 10.1. The van der Waals surface area contributed by atoms with Gasteiger partial charge in [-0.15, -0.1) is 0 Å². The fraction of sp³-hybridized carbons (Fsp3) is 0.407. The number of hydrogen-bond acceptors (Lipinski definition) is 4. The summed E-state index contributed by atoms with van der Waals surface area (Å²) in [5, 5.41) is 2.94. The summed E-state index contributed by atoms with van der Waals surface area (Å²) in [5.74, 6) is -1.75. The predicted molar refractivity (Wildman–Crippen MR) is 129 cm³/mol. The molecule has 0 saturated carbocycles. The molecule has 4 saturated heterocycles. The first-order chi connectivity index (χ1) is 16.7. The molecule has 4 fully saturated rings. The van der Waals surface area contributed by atoms with Crippen LogP contribution in [0.5, 0.6) is 0 Å². The van der Waals surface area contributed by atoms with E-state index in [1.165, 1.54) is 9.80 Å². The fourth-order valence-corrected chi connectivity index (χ4v) is 5.75. The van der Waals surface area contributed by atoms with Gasteiger partial charge < -0.3 is 15.1 Å². The number of piperidine rings is 2. The molecule has 6 rings (SSSR count). The molecule has 35 heavy (non-hydrogen) atoms. The van der Waals surface area contributed by atoms with Crippen LogP contribution in [-0.2, 0) is 26.5 Å². The van der Waals surface area contributed by atoms with Crippen LogP contribution in [-0.4, -0.2) is 64.1 Å². The van der Waals surface area contributed by atoms with Gasteiger partial charge in [0, 0.05) is 20.1 Å². The first kappa shape index (κ1) is 23.1. The van der Waals surface area contributed by atoms with Crippen LogP contribution in [0.2, 0.25) is 0 Å². The Morgan fingerprint density at radius 3 is 2.29 bits per heavy atom. The standard InChI is InChI=1S/C27H30N4O4/c1-17(2)21-16-29(3)26(35)31(21)24(33)20-14-27(19-12-8-5-9-13-19)25(34)30(22(20)23(32)28-27)15-18-10-6-4-7-11-18/h4-13,17,20-22H,14-16H2,1-3H3,(H,28,32)/t20-,21+,22+,27-/m0/s1. The van der Waals surface area contributed by atoms with E-state index >= 15 is 0 Å². The van der Waals surface area contributed by atoms with Gasteiger partial charge in [-0.3, -0.25) is 19.3 Å². The first-order valence-corrected chi connectivity index (χ1v) is 12.1. The van der Waals surface area contributed by atoms with E-state index in [2.05, 4.69) is 5.32 Å². The minimum absolute atomic E-state index is 0.0626. The fourth-order valence-electron chi connectivity index (χ4n) is 5.75. The number of urea groups is 1. The van der Waals surface area contributed by atoms with Crippen molar-refractivity contribution < 1.29 is 19.2 Å². The highest BCUT2D eigenvalue weighted by Crippen LogP contribution is 2.45. The molecule has 4 aliphatic rings. The number of nitrogens with zero attached hydrogens (tertiary/aromatic N) is 3. The zero-order valence-corrected chi connectivity index (χ0v) is 20.2. The summed E-state index contributed by atoms with van der Waals surface area (Å²) in [6.45, 7) is 4.61. The quantitative estimate of drug-likeness (QED) is 0.720. The molecule has 2 aromatic carbocycles. The van der Waals surface area contributed by atoms with Gasteiger partial charge in [0.2, 0.25) is 11.8 Å². The summed E-state index contributed by atoms with van der Waals surface area (Å²) in [7, 11) is 1.68.